The van der Waals surface area contributed by atoms with Crippen LogP contribution < -0.4 is 5.32 Å². The Bertz CT molecular complexity index is 442. The van der Waals surface area contributed by atoms with E-state index >= 15 is 0 Å². The molecule has 0 aliphatic carbocycles. The van der Waals surface area contributed by atoms with E-state index in [0.717, 1.165) is 30.8 Å². The van der Waals surface area contributed by atoms with Gasteiger partial charge in [0.2, 0.25) is 0 Å². The highest BCUT2D eigenvalue weighted by molar-refractivity contribution is 7.80. The molecule has 17 heavy (non-hydrogen) atoms. The predicted molar refractivity (Wildman–Crippen MR) is 70.5 cm³/mol. The van der Waals surface area contributed by atoms with Crippen molar-refractivity contribution in [2.45, 2.75) is 13.3 Å². The third-order valence-electron chi connectivity index (χ3n) is 2.54. The van der Waals surface area contributed by atoms with Crippen LogP contribution >= 0.6 is 12.2 Å². The van der Waals surface area contributed by atoms with Gasteiger partial charge in [-0.05, 0) is 36.8 Å². The van der Waals surface area contributed by atoms with Crippen molar-refractivity contribution in [1.82, 2.24) is 10.3 Å². The summed E-state index contributed by atoms with van der Waals surface area (Å²) < 4.78 is 12.8. The zero-order valence-electron chi connectivity index (χ0n) is 9.61. The second-order valence-corrected chi connectivity index (χ2v) is 4.15. The van der Waals surface area contributed by atoms with Crippen LogP contribution in [0, 0.1) is 5.82 Å². The molecule has 0 spiro atoms. The van der Waals surface area contributed by atoms with Crippen molar-refractivity contribution in [3.63, 3.8) is 0 Å². The van der Waals surface area contributed by atoms with Crippen LogP contribution in [-0.4, -0.2) is 28.9 Å². The number of nitrogens with one attached hydrogen (secondary N) is 1. The average Bonchev–Trinajstić information content (AvgIpc) is 2.80. The molecule has 90 valence electrons. The van der Waals surface area contributed by atoms with E-state index < -0.39 is 0 Å². The highest BCUT2D eigenvalue weighted by atomic mass is 32.1. The van der Waals surface area contributed by atoms with Crippen molar-refractivity contribution in [1.29, 1.82) is 0 Å². The Kier molecular flexibility index (Phi) is 3.68. The normalized spacial score (nSPS) is 14.7. The minimum atomic E-state index is -0.229. The Morgan fingerprint density at radius 3 is 2.82 bits per heavy atom. The van der Waals surface area contributed by atoms with Gasteiger partial charge in [0, 0.05) is 19.5 Å². The summed E-state index contributed by atoms with van der Waals surface area (Å²) in [5.74, 6) is -0.229. The fourth-order valence-electron chi connectivity index (χ4n) is 1.69. The number of thiocarbonyl (C=S) groups is 1. The van der Waals surface area contributed by atoms with E-state index in [2.05, 4.69) is 10.4 Å². The molecule has 1 aromatic carbocycles. The van der Waals surface area contributed by atoms with Crippen molar-refractivity contribution < 1.29 is 4.39 Å². The zero-order valence-corrected chi connectivity index (χ0v) is 10.4. The molecular formula is C12H14FN3S. The van der Waals surface area contributed by atoms with Gasteiger partial charge in [-0.3, -0.25) is 0 Å². The molecule has 0 saturated heterocycles. The minimum absolute atomic E-state index is 0.229. The number of hydrogen-bond acceptors (Lipinski definition) is 2. The van der Waals surface area contributed by atoms with Crippen LogP contribution in [0.25, 0.3) is 0 Å². The van der Waals surface area contributed by atoms with E-state index in [1.807, 2.05) is 6.92 Å². The van der Waals surface area contributed by atoms with Crippen molar-refractivity contribution >= 4 is 23.0 Å². The first kappa shape index (κ1) is 12.0. The second kappa shape index (κ2) is 5.23. The molecule has 2 rings (SSSR count). The van der Waals surface area contributed by atoms with Crippen molar-refractivity contribution in [2.75, 3.05) is 13.1 Å². The zero-order chi connectivity index (χ0) is 12.3. The van der Waals surface area contributed by atoms with Crippen molar-refractivity contribution in [3.8, 4) is 0 Å². The SMILES string of the molecule is CCNC(=S)N1CCC(c2ccc(F)cc2)=N1. The van der Waals surface area contributed by atoms with E-state index in [9.17, 15) is 4.39 Å². The molecule has 0 fully saturated rings. The Morgan fingerprint density at radius 2 is 2.18 bits per heavy atom. The van der Waals surface area contributed by atoms with Crippen LogP contribution in [0.5, 0.6) is 0 Å². The Balaban J connectivity index is 2.11. The van der Waals surface area contributed by atoms with Crippen LogP contribution in [-0.2, 0) is 0 Å². The monoisotopic (exact) mass is 251 g/mol. The summed E-state index contributed by atoms with van der Waals surface area (Å²) in [6.45, 7) is 3.56. The predicted octanol–water partition coefficient (Wildman–Crippen LogP) is 2.13. The number of benzene rings is 1. The molecule has 1 aromatic rings. The summed E-state index contributed by atoms with van der Waals surface area (Å²) in [7, 11) is 0. The molecule has 1 aliphatic rings. The van der Waals surface area contributed by atoms with E-state index in [0.29, 0.717) is 5.11 Å². The van der Waals surface area contributed by atoms with E-state index in [4.69, 9.17) is 12.2 Å². The third kappa shape index (κ3) is 2.79. The van der Waals surface area contributed by atoms with Crippen molar-refractivity contribution in [2.24, 2.45) is 5.10 Å². The van der Waals surface area contributed by atoms with Crippen LogP contribution in [0.4, 0.5) is 4.39 Å². The number of hydrogen-bond donors (Lipinski definition) is 1. The number of halogens is 1. The fourth-order valence-corrected chi connectivity index (χ4v) is 1.97. The molecule has 1 aliphatic heterocycles. The number of hydrazone groups is 1. The lowest BCUT2D eigenvalue weighted by atomic mass is 10.1. The molecule has 0 aromatic heterocycles. The third-order valence-corrected chi connectivity index (χ3v) is 2.90. The van der Waals surface area contributed by atoms with Gasteiger partial charge in [0.1, 0.15) is 5.82 Å². The maximum atomic E-state index is 12.8. The van der Waals surface area contributed by atoms with Gasteiger partial charge in [-0.2, -0.15) is 5.10 Å². The fraction of sp³-hybridized carbons (Fsp3) is 0.333. The van der Waals surface area contributed by atoms with Gasteiger partial charge in [0.05, 0.1) is 5.71 Å². The first-order valence-electron chi connectivity index (χ1n) is 5.59. The molecule has 3 nitrogen and oxygen atoms in total. The molecule has 0 radical (unpaired) electrons. The molecule has 1 heterocycles. The molecular weight excluding hydrogens is 237 g/mol. The lowest BCUT2D eigenvalue weighted by Crippen LogP contribution is -2.34. The molecule has 0 atom stereocenters. The largest absolute Gasteiger partial charge is 0.361 e. The maximum Gasteiger partial charge on any atom is 0.189 e. The van der Waals surface area contributed by atoms with E-state index in [1.54, 1.807) is 17.1 Å². The van der Waals surface area contributed by atoms with Crippen LogP contribution in [0.15, 0.2) is 29.4 Å². The van der Waals surface area contributed by atoms with Crippen LogP contribution in [0.3, 0.4) is 0 Å². The summed E-state index contributed by atoms with van der Waals surface area (Å²) in [5.41, 5.74) is 1.90. The Labute approximate surface area is 105 Å². The van der Waals surface area contributed by atoms with Crippen molar-refractivity contribution in [3.05, 3.63) is 35.6 Å². The van der Waals surface area contributed by atoms with Gasteiger partial charge in [0.15, 0.2) is 5.11 Å². The van der Waals surface area contributed by atoms with Gasteiger partial charge in [-0.25, -0.2) is 9.40 Å². The lowest BCUT2D eigenvalue weighted by Gasteiger charge is -2.14. The topological polar surface area (TPSA) is 27.6 Å². The molecule has 0 bridgehead atoms. The summed E-state index contributed by atoms with van der Waals surface area (Å²) in [6.07, 6.45) is 0.831. The Morgan fingerprint density at radius 1 is 1.47 bits per heavy atom. The first-order valence-corrected chi connectivity index (χ1v) is 6.00. The van der Waals surface area contributed by atoms with Crippen LogP contribution in [0.2, 0.25) is 0 Å². The van der Waals surface area contributed by atoms with E-state index in [1.165, 1.54) is 12.1 Å². The van der Waals surface area contributed by atoms with Crippen LogP contribution in [0.1, 0.15) is 18.9 Å². The second-order valence-electron chi connectivity index (χ2n) is 3.76. The number of nitrogens with zero attached hydrogens (tertiary/aromatic N) is 2. The van der Waals surface area contributed by atoms with Gasteiger partial charge in [-0.15, -0.1) is 0 Å². The highest BCUT2D eigenvalue weighted by Gasteiger charge is 2.18. The summed E-state index contributed by atoms with van der Waals surface area (Å²) >= 11 is 5.18. The maximum absolute atomic E-state index is 12.8. The van der Waals surface area contributed by atoms with Gasteiger partial charge in [-0.1, -0.05) is 12.1 Å². The first-order chi connectivity index (χ1) is 8.20. The summed E-state index contributed by atoms with van der Waals surface area (Å²) in [4.78, 5) is 0. The molecule has 0 unspecified atom stereocenters. The summed E-state index contributed by atoms with van der Waals surface area (Å²) in [5, 5.41) is 9.91. The quantitative estimate of drug-likeness (QED) is 0.816. The standard InChI is InChI=1S/C12H14FN3S/c1-2-14-12(17)16-8-7-11(15-16)9-3-5-10(13)6-4-9/h3-6H,2,7-8H2,1H3,(H,14,17). The summed E-state index contributed by atoms with van der Waals surface area (Å²) in [6, 6.07) is 6.38. The molecule has 1 N–H and O–H groups in total. The average molecular weight is 251 g/mol. The van der Waals surface area contributed by atoms with E-state index in [-0.39, 0.29) is 5.82 Å². The number of rotatable bonds is 2. The molecule has 0 amide bonds. The van der Waals surface area contributed by atoms with Gasteiger partial charge in [0.25, 0.3) is 0 Å². The molecule has 5 heteroatoms. The minimum Gasteiger partial charge on any atom is -0.361 e. The highest BCUT2D eigenvalue weighted by Crippen LogP contribution is 2.14. The Hall–Kier alpha value is -1.49. The molecule has 0 saturated carbocycles. The smallest absolute Gasteiger partial charge is 0.189 e. The van der Waals surface area contributed by atoms with Gasteiger partial charge < -0.3 is 5.32 Å². The van der Waals surface area contributed by atoms with Gasteiger partial charge >= 0.3 is 0 Å². The lowest BCUT2D eigenvalue weighted by molar-refractivity contribution is 0.482.